The number of rotatable bonds is 2. The van der Waals surface area contributed by atoms with E-state index >= 15 is 0 Å². The largest absolute Gasteiger partial charge is 0.456 e. The highest BCUT2D eigenvalue weighted by atomic mass is 16.3. The van der Waals surface area contributed by atoms with Gasteiger partial charge in [-0.15, -0.1) is 0 Å². The van der Waals surface area contributed by atoms with Crippen molar-refractivity contribution in [2.75, 3.05) is 0 Å². The summed E-state index contributed by atoms with van der Waals surface area (Å²) in [6.45, 7) is 0. The number of para-hydroxylation sites is 2. The molecule has 0 amide bonds. The predicted octanol–water partition coefficient (Wildman–Crippen LogP) is 8.90. The van der Waals surface area contributed by atoms with Crippen LogP contribution in [0.1, 0.15) is 0 Å². The van der Waals surface area contributed by atoms with Gasteiger partial charge in [0.05, 0.1) is 0 Å². The quantitative estimate of drug-likeness (QED) is 0.234. The Hall–Kier alpha value is -5.49. The molecule has 0 unspecified atom stereocenters. The fourth-order valence-electron chi connectivity index (χ4n) is 5.65. The second-order valence-corrected chi connectivity index (χ2v) is 9.66. The maximum Gasteiger partial charge on any atom is 0.180 e. The number of hydrogen-bond donors (Lipinski definition) is 0. The van der Waals surface area contributed by atoms with Crippen LogP contribution in [0.2, 0.25) is 0 Å². The van der Waals surface area contributed by atoms with Crippen molar-refractivity contribution in [1.29, 1.82) is 0 Å². The Morgan fingerprint density at radius 2 is 1.08 bits per heavy atom. The first-order valence-corrected chi connectivity index (χ1v) is 12.7. The number of aromatic nitrogens is 3. The van der Waals surface area contributed by atoms with Gasteiger partial charge >= 0.3 is 0 Å². The summed E-state index contributed by atoms with van der Waals surface area (Å²) in [7, 11) is 0. The van der Waals surface area contributed by atoms with E-state index in [0.717, 1.165) is 82.9 Å². The van der Waals surface area contributed by atoms with Gasteiger partial charge in [-0.2, -0.15) is 0 Å². The maximum atomic E-state index is 6.25. The third-order valence-corrected chi connectivity index (χ3v) is 7.47. The lowest BCUT2D eigenvalue weighted by molar-refractivity contribution is 0.666. The van der Waals surface area contributed by atoms with Gasteiger partial charge in [0.1, 0.15) is 45.4 Å². The van der Waals surface area contributed by atoms with E-state index in [1.807, 2.05) is 79.0 Å². The van der Waals surface area contributed by atoms with E-state index in [1.165, 1.54) is 0 Å². The van der Waals surface area contributed by atoms with E-state index in [0.29, 0.717) is 5.58 Å². The molecule has 0 atom stereocenters. The Kier molecular flexibility index (Phi) is 3.96. The molecule has 0 saturated heterocycles. The summed E-state index contributed by atoms with van der Waals surface area (Å²) in [5.74, 6) is 0. The van der Waals surface area contributed by atoms with Crippen molar-refractivity contribution in [2.24, 2.45) is 0 Å². The molecule has 4 aromatic carbocycles. The smallest absolute Gasteiger partial charge is 0.180 e. The van der Waals surface area contributed by atoms with E-state index in [4.69, 9.17) is 13.3 Å². The van der Waals surface area contributed by atoms with Crippen molar-refractivity contribution in [3.8, 4) is 22.4 Å². The molecule has 5 heterocycles. The van der Waals surface area contributed by atoms with Crippen molar-refractivity contribution in [3.05, 3.63) is 104 Å². The molecule has 5 aromatic heterocycles. The average molecular weight is 504 g/mol. The highest BCUT2D eigenvalue weighted by Crippen LogP contribution is 2.39. The molecular formula is C33H17N3O3. The monoisotopic (exact) mass is 503 g/mol. The lowest BCUT2D eigenvalue weighted by Gasteiger charge is -2.03. The van der Waals surface area contributed by atoms with Gasteiger partial charge in [-0.05, 0) is 66.2 Å². The second-order valence-electron chi connectivity index (χ2n) is 9.66. The number of benzene rings is 4. The Balaban J connectivity index is 1.26. The molecule has 39 heavy (non-hydrogen) atoms. The zero-order valence-electron chi connectivity index (χ0n) is 20.4. The van der Waals surface area contributed by atoms with Crippen molar-refractivity contribution in [1.82, 2.24) is 15.0 Å². The minimum Gasteiger partial charge on any atom is -0.456 e. The van der Waals surface area contributed by atoms with Crippen LogP contribution in [0.5, 0.6) is 0 Å². The van der Waals surface area contributed by atoms with E-state index < -0.39 is 0 Å². The summed E-state index contributed by atoms with van der Waals surface area (Å²) >= 11 is 0. The molecule has 0 aliphatic heterocycles. The fourth-order valence-corrected chi connectivity index (χ4v) is 5.65. The lowest BCUT2D eigenvalue weighted by Crippen LogP contribution is -1.86. The van der Waals surface area contributed by atoms with Crippen LogP contribution in [-0.4, -0.2) is 15.0 Å². The van der Waals surface area contributed by atoms with Crippen molar-refractivity contribution in [2.45, 2.75) is 0 Å². The number of nitrogens with zero attached hydrogens (tertiary/aromatic N) is 3. The molecule has 0 saturated carbocycles. The number of pyridine rings is 1. The molecule has 9 aromatic rings. The van der Waals surface area contributed by atoms with Gasteiger partial charge in [0.2, 0.25) is 0 Å². The highest BCUT2D eigenvalue weighted by Gasteiger charge is 2.18. The molecular weight excluding hydrogens is 486 g/mol. The molecule has 0 radical (unpaired) electrons. The molecule has 6 heteroatoms. The van der Waals surface area contributed by atoms with Gasteiger partial charge in [-0.1, -0.05) is 30.3 Å². The highest BCUT2D eigenvalue weighted by molar-refractivity contribution is 6.12. The number of furan rings is 3. The first kappa shape index (κ1) is 20.6. The molecule has 0 aliphatic carbocycles. The van der Waals surface area contributed by atoms with Crippen LogP contribution in [0, 0.1) is 0 Å². The fraction of sp³-hybridized carbons (Fsp3) is 0. The molecule has 0 spiro atoms. The summed E-state index contributed by atoms with van der Waals surface area (Å²) in [6.07, 6.45) is 3.43. The second kappa shape index (κ2) is 7.52. The molecule has 182 valence electrons. The molecule has 0 N–H and O–H groups in total. The minimum absolute atomic E-state index is 0.676. The Morgan fingerprint density at radius 1 is 0.462 bits per heavy atom. The topological polar surface area (TPSA) is 78.1 Å². The van der Waals surface area contributed by atoms with E-state index in [9.17, 15) is 0 Å². The van der Waals surface area contributed by atoms with E-state index in [1.54, 1.807) is 6.33 Å². The van der Waals surface area contributed by atoms with Gasteiger partial charge in [-0.25, -0.2) is 9.97 Å². The molecule has 0 fully saturated rings. The zero-order valence-corrected chi connectivity index (χ0v) is 20.4. The summed E-state index contributed by atoms with van der Waals surface area (Å²) < 4.78 is 18.7. The van der Waals surface area contributed by atoms with Gasteiger partial charge in [-0.3, -0.25) is 4.98 Å². The normalized spacial score (nSPS) is 12.1. The van der Waals surface area contributed by atoms with Crippen LogP contribution >= 0.6 is 0 Å². The first-order valence-electron chi connectivity index (χ1n) is 12.7. The Bertz CT molecular complexity index is 2240. The van der Waals surface area contributed by atoms with Crippen LogP contribution < -0.4 is 0 Å². The molecule has 6 nitrogen and oxygen atoms in total. The summed E-state index contributed by atoms with van der Waals surface area (Å²) in [4.78, 5) is 13.7. The number of fused-ring (bicyclic) bond motifs is 9. The Morgan fingerprint density at radius 3 is 1.85 bits per heavy atom. The maximum absolute atomic E-state index is 6.25. The van der Waals surface area contributed by atoms with Crippen LogP contribution in [0.3, 0.4) is 0 Å². The van der Waals surface area contributed by atoms with Crippen molar-refractivity contribution >= 4 is 66.1 Å². The van der Waals surface area contributed by atoms with Crippen LogP contribution in [-0.2, 0) is 0 Å². The van der Waals surface area contributed by atoms with Crippen LogP contribution in [0.4, 0.5) is 0 Å². The van der Waals surface area contributed by atoms with Crippen LogP contribution in [0.25, 0.3) is 88.5 Å². The van der Waals surface area contributed by atoms with Gasteiger partial charge < -0.3 is 13.3 Å². The van der Waals surface area contributed by atoms with Crippen molar-refractivity contribution in [3.63, 3.8) is 0 Å². The number of hydrogen-bond acceptors (Lipinski definition) is 6. The SMILES string of the molecule is c1ccc2c(c1)oc1c(-c3ccc4oc5ccc(-c6ncnc7c6oc6ccccc67)cc5c4c3)ccnc12. The third kappa shape index (κ3) is 2.88. The van der Waals surface area contributed by atoms with Gasteiger partial charge in [0.25, 0.3) is 0 Å². The minimum atomic E-state index is 0.676. The van der Waals surface area contributed by atoms with E-state index in [2.05, 4.69) is 33.2 Å². The molecule has 0 bridgehead atoms. The molecule has 0 aliphatic rings. The van der Waals surface area contributed by atoms with Gasteiger partial charge in [0.15, 0.2) is 11.2 Å². The van der Waals surface area contributed by atoms with E-state index in [-0.39, 0.29) is 0 Å². The van der Waals surface area contributed by atoms with Gasteiger partial charge in [0, 0.05) is 38.9 Å². The summed E-state index contributed by atoms with van der Waals surface area (Å²) in [5.41, 5.74) is 10.1. The standard InChI is InChI=1S/C33H17N3O3/c1-3-7-25-21(5-1)30-32(38-25)20(13-14-34-30)18-9-11-27-23(15-18)24-16-19(10-12-28(24)37-27)29-33-31(36-17-35-29)22-6-2-4-8-26(22)39-33/h1-17H. The third-order valence-electron chi connectivity index (χ3n) is 7.47. The van der Waals surface area contributed by atoms with Crippen LogP contribution in [0.15, 0.2) is 117 Å². The summed E-state index contributed by atoms with van der Waals surface area (Å²) in [5, 5.41) is 4.00. The van der Waals surface area contributed by atoms with Crippen molar-refractivity contribution < 1.29 is 13.3 Å². The first-order chi connectivity index (χ1) is 19.3. The average Bonchev–Trinajstić information content (AvgIpc) is 3.67. The predicted molar refractivity (Wildman–Crippen MR) is 153 cm³/mol. The Labute approximate surface area is 220 Å². The lowest BCUT2D eigenvalue weighted by atomic mass is 10.0. The molecule has 9 rings (SSSR count). The zero-order chi connectivity index (χ0) is 25.5. The summed E-state index contributed by atoms with van der Waals surface area (Å²) in [6, 6.07) is 30.3.